The van der Waals surface area contributed by atoms with Gasteiger partial charge in [-0.05, 0) is 30.0 Å². The first-order chi connectivity index (χ1) is 13.4. The van der Waals surface area contributed by atoms with Crippen molar-refractivity contribution in [2.24, 2.45) is 0 Å². The lowest BCUT2D eigenvalue weighted by atomic mass is 9.82. The monoisotopic (exact) mass is 354 g/mol. The van der Waals surface area contributed by atoms with Gasteiger partial charge in [-0.3, -0.25) is 4.98 Å². The van der Waals surface area contributed by atoms with Crippen molar-refractivity contribution in [1.82, 2.24) is 20.3 Å². The maximum absolute atomic E-state index is 4.71. The molecule has 0 amide bonds. The van der Waals surface area contributed by atoms with E-state index in [-0.39, 0.29) is 0 Å². The molecule has 1 saturated heterocycles. The lowest BCUT2D eigenvalue weighted by Gasteiger charge is -2.36. The van der Waals surface area contributed by atoms with E-state index < -0.39 is 0 Å². The Bertz CT molecular complexity index is 932. The molecule has 4 heteroatoms. The first-order valence-electron chi connectivity index (χ1n) is 9.52. The molecule has 0 radical (unpaired) electrons. The van der Waals surface area contributed by atoms with Crippen LogP contribution in [0.1, 0.15) is 47.8 Å². The third-order valence-electron chi connectivity index (χ3n) is 5.55. The van der Waals surface area contributed by atoms with E-state index >= 15 is 0 Å². The van der Waals surface area contributed by atoms with Crippen molar-refractivity contribution in [3.05, 3.63) is 96.1 Å². The zero-order chi connectivity index (χ0) is 18.1. The Balaban J connectivity index is 1.51. The summed E-state index contributed by atoms with van der Waals surface area (Å²) in [5, 5.41) is 3.86. The third-order valence-corrected chi connectivity index (χ3v) is 5.55. The Hall–Kier alpha value is -2.98. The Morgan fingerprint density at radius 1 is 0.741 bits per heavy atom. The zero-order valence-electron chi connectivity index (χ0n) is 15.0. The van der Waals surface area contributed by atoms with Crippen LogP contribution in [0.4, 0.5) is 0 Å². The molecular formula is C23H22N4. The van der Waals surface area contributed by atoms with Gasteiger partial charge in [-0.1, -0.05) is 60.7 Å². The fourth-order valence-electron chi connectivity index (χ4n) is 4.17. The van der Waals surface area contributed by atoms with Crippen LogP contribution in [0.25, 0.3) is 11.4 Å². The van der Waals surface area contributed by atoms with E-state index in [9.17, 15) is 0 Å². The van der Waals surface area contributed by atoms with E-state index in [1.165, 1.54) is 11.1 Å². The molecular weight excluding hydrogens is 332 g/mol. The quantitative estimate of drug-likeness (QED) is 0.552. The molecule has 2 aromatic carbocycles. The number of aromatic nitrogens is 3. The molecule has 3 aliphatic heterocycles. The minimum Gasteiger partial charge on any atom is -0.342 e. The molecule has 3 heterocycles. The zero-order valence-corrected chi connectivity index (χ0v) is 15.0. The van der Waals surface area contributed by atoms with E-state index in [0.717, 1.165) is 30.1 Å². The van der Waals surface area contributed by atoms with Crippen molar-refractivity contribution in [3.8, 4) is 11.4 Å². The standard InChI is InChI=1S/C23H22N4/c1-3-7-16(8-4-1)20-13-18(14-21(26-20)17-9-5-2-6-10-17)23-25-15-22-19(27-23)11-12-24-22/h1-12,15,18,20-21,26H,13-14H2,(H,25,27). The summed E-state index contributed by atoms with van der Waals surface area (Å²) in [6.45, 7) is 0. The van der Waals surface area contributed by atoms with Crippen LogP contribution in [0.2, 0.25) is 0 Å². The van der Waals surface area contributed by atoms with Crippen LogP contribution in [-0.2, 0) is 0 Å². The second kappa shape index (κ2) is 6.97. The van der Waals surface area contributed by atoms with Gasteiger partial charge in [0.25, 0.3) is 0 Å². The lowest BCUT2D eigenvalue weighted by molar-refractivity contribution is 0.290. The summed E-state index contributed by atoms with van der Waals surface area (Å²) in [4.78, 5) is 12.6. The molecule has 27 heavy (non-hydrogen) atoms. The molecule has 2 aromatic rings. The maximum atomic E-state index is 4.71. The number of hydrogen-bond donors (Lipinski definition) is 2. The Kier molecular flexibility index (Phi) is 4.18. The van der Waals surface area contributed by atoms with Gasteiger partial charge in [-0.25, -0.2) is 4.98 Å². The van der Waals surface area contributed by atoms with Gasteiger partial charge in [-0.2, -0.15) is 0 Å². The molecule has 0 bridgehead atoms. The SMILES string of the molecule is c1ccc(C2CC(c3ncc4nccc-4[nH]3)CC(c3ccccc3)N2)cc1. The molecule has 0 aromatic heterocycles. The van der Waals surface area contributed by atoms with Crippen LogP contribution < -0.4 is 5.32 Å². The molecule has 4 nitrogen and oxygen atoms in total. The molecule has 5 rings (SSSR count). The predicted molar refractivity (Wildman–Crippen MR) is 106 cm³/mol. The molecule has 1 fully saturated rings. The maximum Gasteiger partial charge on any atom is 0.109 e. The van der Waals surface area contributed by atoms with Crippen LogP contribution in [0.5, 0.6) is 0 Å². The van der Waals surface area contributed by atoms with E-state index in [2.05, 4.69) is 75.9 Å². The summed E-state index contributed by atoms with van der Waals surface area (Å²) < 4.78 is 0. The average molecular weight is 354 g/mol. The van der Waals surface area contributed by atoms with Gasteiger partial charge in [0.15, 0.2) is 0 Å². The van der Waals surface area contributed by atoms with Gasteiger partial charge in [0.1, 0.15) is 11.5 Å². The Morgan fingerprint density at radius 2 is 1.37 bits per heavy atom. The minimum absolute atomic E-state index is 0.304. The number of piperidine rings is 1. The summed E-state index contributed by atoms with van der Waals surface area (Å²) in [6.07, 6.45) is 5.76. The highest BCUT2D eigenvalue weighted by molar-refractivity contribution is 5.54. The van der Waals surface area contributed by atoms with Gasteiger partial charge in [0, 0.05) is 24.2 Å². The van der Waals surface area contributed by atoms with E-state index in [0.29, 0.717) is 18.0 Å². The molecule has 2 N–H and O–H groups in total. The molecule has 0 spiro atoms. The molecule has 2 atom stereocenters. The highest BCUT2D eigenvalue weighted by Gasteiger charge is 2.32. The number of fused-ring (bicyclic) bond motifs is 1. The largest absolute Gasteiger partial charge is 0.342 e. The number of nitrogens with zero attached hydrogens (tertiary/aromatic N) is 2. The number of aromatic amines is 1. The fraction of sp³-hybridized carbons (Fsp3) is 0.217. The second-order valence-corrected chi connectivity index (χ2v) is 7.27. The molecule has 0 saturated carbocycles. The van der Waals surface area contributed by atoms with Gasteiger partial charge >= 0.3 is 0 Å². The number of hydrogen-bond acceptors (Lipinski definition) is 3. The summed E-state index contributed by atoms with van der Waals surface area (Å²) in [7, 11) is 0. The van der Waals surface area contributed by atoms with Gasteiger partial charge in [-0.15, -0.1) is 0 Å². The number of rotatable bonds is 3. The van der Waals surface area contributed by atoms with Gasteiger partial charge in [0.2, 0.25) is 0 Å². The Labute approximate surface area is 159 Å². The van der Waals surface area contributed by atoms with Crippen molar-refractivity contribution in [3.63, 3.8) is 0 Å². The number of H-pyrrole nitrogens is 1. The van der Waals surface area contributed by atoms with E-state index in [4.69, 9.17) is 4.98 Å². The van der Waals surface area contributed by atoms with Crippen LogP contribution in [0, 0.1) is 0 Å². The highest BCUT2D eigenvalue weighted by atomic mass is 15.0. The summed E-state index contributed by atoms with van der Waals surface area (Å²) in [5.41, 5.74) is 4.65. The first-order valence-corrected chi connectivity index (χ1v) is 9.52. The van der Waals surface area contributed by atoms with Crippen molar-refractivity contribution in [2.75, 3.05) is 0 Å². The van der Waals surface area contributed by atoms with Crippen molar-refractivity contribution in [2.45, 2.75) is 30.8 Å². The summed E-state index contributed by atoms with van der Waals surface area (Å²) in [6, 6.07) is 24.1. The third kappa shape index (κ3) is 3.24. The van der Waals surface area contributed by atoms with Crippen LogP contribution in [0.15, 0.2) is 79.1 Å². The lowest BCUT2D eigenvalue weighted by Crippen LogP contribution is -2.34. The highest BCUT2D eigenvalue weighted by Crippen LogP contribution is 2.40. The van der Waals surface area contributed by atoms with Crippen LogP contribution in [-0.4, -0.2) is 15.0 Å². The normalized spacial score (nSPS) is 22.7. The Morgan fingerprint density at radius 3 is 2.00 bits per heavy atom. The van der Waals surface area contributed by atoms with Crippen molar-refractivity contribution < 1.29 is 0 Å². The number of nitrogens with one attached hydrogen (secondary N) is 2. The fourth-order valence-corrected chi connectivity index (χ4v) is 4.17. The average Bonchev–Trinajstić information content (AvgIpc) is 3.22. The molecule has 0 aliphatic carbocycles. The molecule has 2 unspecified atom stereocenters. The predicted octanol–water partition coefficient (Wildman–Crippen LogP) is 4.86. The van der Waals surface area contributed by atoms with Gasteiger partial charge < -0.3 is 10.3 Å². The first kappa shape index (κ1) is 16.2. The van der Waals surface area contributed by atoms with E-state index in [1.807, 2.05) is 18.5 Å². The smallest absolute Gasteiger partial charge is 0.109 e. The van der Waals surface area contributed by atoms with E-state index in [1.54, 1.807) is 0 Å². The van der Waals surface area contributed by atoms with Crippen LogP contribution in [0.3, 0.4) is 0 Å². The van der Waals surface area contributed by atoms with Crippen LogP contribution >= 0.6 is 0 Å². The number of benzene rings is 2. The summed E-state index contributed by atoms with van der Waals surface area (Å²) >= 11 is 0. The van der Waals surface area contributed by atoms with Crippen molar-refractivity contribution >= 4 is 0 Å². The summed E-state index contributed by atoms with van der Waals surface area (Å²) in [5.74, 6) is 1.42. The minimum atomic E-state index is 0.304. The molecule has 3 aliphatic rings. The topological polar surface area (TPSA) is 53.6 Å². The van der Waals surface area contributed by atoms with Gasteiger partial charge in [0.05, 0.1) is 11.9 Å². The van der Waals surface area contributed by atoms with Crippen molar-refractivity contribution in [1.29, 1.82) is 0 Å². The second-order valence-electron chi connectivity index (χ2n) is 7.27. The molecule has 134 valence electrons.